The van der Waals surface area contributed by atoms with Crippen LogP contribution in [0.15, 0.2) is 65.9 Å². The Morgan fingerprint density at radius 1 is 1.18 bits per heavy atom. The standard InChI is InChI=1S/C21H21ClN4O2/c1-15-16(14-26(25-15)18-7-5-4-6-8-18)13-23-24-20(27)21(2,3)28-19-11-9-17(22)10-12-19/h4-14H,1-3H3,(H,24,27)/b23-13+. The first-order valence-electron chi connectivity index (χ1n) is 8.75. The monoisotopic (exact) mass is 396 g/mol. The van der Waals surface area contributed by atoms with Gasteiger partial charge >= 0.3 is 0 Å². The molecule has 3 rings (SSSR count). The van der Waals surface area contributed by atoms with Crippen molar-refractivity contribution in [1.82, 2.24) is 15.2 Å². The van der Waals surface area contributed by atoms with Crippen molar-refractivity contribution in [3.63, 3.8) is 0 Å². The van der Waals surface area contributed by atoms with Gasteiger partial charge in [-0.25, -0.2) is 10.1 Å². The van der Waals surface area contributed by atoms with Crippen molar-refractivity contribution >= 4 is 23.7 Å². The fourth-order valence-corrected chi connectivity index (χ4v) is 2.58. The molecule has 6 nitrogen and oxygen atoms in total. The Morgan fingerprint density at radius 3 is 2.54 bits per heavy atom. The highest BCUT2D eigenvalue weighted by atomic mass is 35.5. The number of benzene rings is 2. The van der Waals surface area contributed by atoms with Crippen LogP contribution in [0.3, 0.4) is 0 Å². The highest BCUT2D eigenvalue weighted by Crippen LogP contribution is 2.21. The fourth-order valence-electron chi connectivity index (χ4n) is 2.45. The summed E-state index contributed by atoms with van der Waals surface area (Å²) in [5.74, 6) is 0.181. The molecule has 0 aliphatic carbocycles. The third-order valence-corrected chi connectivity index (χ3v) is 4.31. The van der Waals surface area contributed by atoms with Crippen LogP contribution in [0.4, 0.5) is 0 Å². The molecule has 1 amide bonds. The molecule has 28 heavy (non-hydrogen) atoms. The minimum Gasteiger partial charge on any atom is -0.478 e. The summed E-state index contributed by atoms with van der Waals surface area (Å²) in [5.41, 5.74) is 3.98. The molecule has 0 bridgehead atoms. The number of hydrogen-bond donors (Lipinski definition) is 1. The molecule has 0 saturated heterocycles. The van der Waals surface area contributed by atoms with Gasteiger partial charge in [-0.2, -0.15) is 10.2 Å². The molecule has 0 spiro atoms. The zero-order chi connectivity index (χ0) is 20.1. The van der Waals surface area contributed by atoms with Crippen LogP contribution in [0.25, 0.3) is 5.69 Å². The normalized spacial score (nSPS) is 11.6. The number of nitrogens with one attached hydrogen (secondary N) is 1. The van der Waals surface area contributed by atoms with Crippen molar-refractivity contribution < 1.29 is 9.53 Å². The van der Waals surface area contributed by atoms with Crippen LogP contribution in [0.1, 0.15) is 25.1 Å². The third-order valence-electron chi connectivity index (χ3n) is 4.06. The first-order chi connectivity index (χ1) is 13.3. The number of hydrogen-bond acceptors (Lipinski definition) is 4. The SMILES string of the molecule is Cc1nn(-c2ccccc2)cc1/C=N/NC(=O)C(C)(C)Oc1ccc(Cl)cc1. The maximum Gasteiger partial charge on any atom is 0.283 e. The van der Waals surface area contributed by atoms with Crippen LogP contribution in [-0.2, 0) is 4.79 Å². The lowest BCUT2D eigenvalue weighted by molar-refractivity contribution is -0.134. The molecule has 1 aromatic heterocycles. The lowest BCUT2D eigenvalue weighted by Gasteiger charge is -2.24. The summed E-state index contributed by atoms with van der Waals surface area (Å²) < 4.78 is 7.52. The van der Waals surface area contributed by atoms with Crippen LogP contribution in [0.5, 0.6) is 5.75 Å². The quantitative estimate of drug-likeness (QED) is 0.503. The van der Waals surface area contributed by atoms with Crippen LogP contribution in [0.2, 0.25) is 5.02 Å². The predicted molar refractivity (Wildman–Crippen MR) is 110 cm³/mol. The second-order valence-electron chi connectivity index (χ2n) is 6.72. The second kappa shape index (κ2) is 8.27. The van der Waals surface area contributed by atoms with Gasteiger partial charge < -0.3 is 4.74 Å². The molecule has 144 valence electrons. The van der Waals surface area contributed by atoms with Crippen molar-refractivity contribution in [3.05, 3.63) is 77.1 Å². The highest BCUT2D eigenvalue weighted by Gasteiger charge is 2.29. The van der Waals surface area contributed by atoms with E-state index in [2.05, 4.69) is 15.6 Å². The number of halogens is 1. The van der Waals surface area contributed by atoms with Gasteiger partial charge in [-0.3, -0.25) is 4.79 Å². The molecule has 7 heteroatoms. The maximum absolute atomic E-state index is 12.4. The van der Waals surface area contributed by atoms with E-state index in [9.17, 15) is 4.79 Å². The highest BCUT2D eigenvalue weighted by molar-refractivity contribution is 6.30. The van der Waals surface area contributed by atoms with Gasteiger partial charge in [0.25, 0.3) is 5.91 Å². The Balaban J connectivity index is 1.64. The predicted octanol–water partition coefficient (Wildman–Crippen LogP) is 4.14. The molecule has 2 aromatic carbocycles. The Morgan fingerprint density at radius 2 is 1.86 bits per heavy atom. The number of amides is 1. The van der Waals surface area contributed by atoms with Crippen LogP contribution < -0.4 is 10.2 Å². The molecule has 0 saturated carbocycles. The number of nitrogens with zero attached hydrogens (tertiary/aromatic N) is 3. The zero-order valence-electron chi connectivity index (χ0n) is 15.9. The third kappa shape index (κ3) is 4.78. The van der Waals surface area contributed by atoms with E-state index in [-0.39, 0.29) is 5.91 Å². The summed E-state index contributed by atoms with van der Waals surface area (Å²) in [5, 5.41) is 9.12. The number of aryl methyl sites for hydroxylation is 1. The van der Waals surface area contributed by atoms with E-state index < -0.39 is 5.60 Å². The van der Waals surface area contributed by atoms with Crippen molar-refractivity contribution in [1.29, 1.82) is 0 Å². The zero-order valence-corrected chi connectivity index (χ0v) is 16.6. The average Bonchev–Trinajstić information content (AvgIpc) is 3.05. The number of rotatable bonds is 6. The number of carbonyl (C=O) groups is 1. The summed E-state index contributed by atoms with van der Waals surface area (Å²) in [7, 11) is 0. The van der Waals surface area contributed by atoms with Crippen molar-refractivity contribution in [2.45, 2.75) is 26.4 Å². The van der Waals surface area contributed by atoms with E-state index in [0.29, 0.717) is 10.8 Å². The van der Waals surface area contributed by atoms with E-state index in [1.54, 1.807) is 49.0 Å². The molecule has 0 fully saturated rings. The number of para-hydroxylation sites is 1. The summed E-state index contributed by atoms with van der Waals surface area (Å²) >= 11 is 5.86. The van der Waals surface area contributed by atoms with Gasteiger partial charge in [0, 0.05) is 16.8 Å². The first kappa shape index (κ1) is 19.6. The van der Waals surface area contributed by atoms with Crippen LogP contribution in [0, 0.1) is 6.92 Å². The van der Waals surface area contributed by atoms with Crippen LogP contribution >= 0.6 is 11.6 Å². The Bertz CT molecular complexity index is 979. The second-order valence-corrected chi connectivity index (χ2v) is 7.15. The van der Waals surface area contributed by atoms with Crippen molar-refractivity contribution in [2.24, 2.45) is 5.10 Å². The summed E-state index contributed by atoms with van der Waals surface area (Å²) in [4.78, 5) is 12.4. The topological polar surface area (TPSA) is 68.5 Å². The van der Waals surface area contributed by atoms with Gasteiger partial charge in [0.15, 0.2) is 5.60 Å². The van der Waals surface area contributed by atoms with Gasteiger partial charge in [-0.05, 0) is 57.2 Å². The molecule has 0 aliphatic heterocycles. The molecule has 1 N–H and O–H groups in total. The van der Waals surface area contributed by atoms with Gasteiger partial charge in [0.1, 0.15) is 5.75 Å². The van der Waals surface area contributed by atoms with E-state index in [1.165, 1.54) is 0 Å². The van der Waals surface area contributed by atoms with Gasteiger partial charge in [-0.15, -0.1) is 0 Å². The van der Waals surface area contributed by atoms with E-state index >= 15 is 0 Å². The van der Waals surface area contributed by atoms with Crippen LogP contribution in [-0.4, -0.2) is 27.5 Å². The molecule has 0 atom stereocenters. The lowest BCUT2D eigenvalue weighted by atomic mass is 10.1. The average molecular weight is 397 g/mol. The Kier molecular flexibility index (Phi) is 5.80. The molecule has 1 heterocycles. The smallest absolute Gasteiger partial charge is 0.283 e. The maximum atomic E-state index is 12.4. The minimum absolute atomic E-state index is 0.369. The molecule has 3 aromatic rings. The van der Waals surface area contributed by atoms with Gasteiger partial charge in [-0.1, -0.05) is 29.8 Å². The first-order valence-corrected chi connectivity index (χ1v) is 9.13. The Hall–Kier alpha value is -3.12. The van der Waals surface area contributed by atoms with E-state index in [4.69, 9.17) is 16.3 Å². The summed E-state index contributed by atoms with van der Waals surface area (Å²) in [6.07, 6.45) is 3.42. The number of aromatic nitrogens is 2. The minimum atomic E-state index is -1.10. The lowest BCUT2D eigenvalue weighted by Crippen LogP contribution is -2.44. The van der Waals surface area contributed by atoms with E-state index in [0.717, 1.165) is 16.9 Å². The Labute approximate surface area is 168 Å². The van der Waals surface area contributed by atoms with Crippen molar-refractivity contribution in [3.8, 4) is 11.4 Å². The summed E-state index contributed by atoms with van der Waals surface area (Å²) in [6.45, 7) is 5.23. The number of ether oxygens (including phenoxy) is 1. The fraction of sp³-hybridized carbons (Fsp3) is 0.190. The molecule has 0 radical (unpaired) electrons. The molecule has 0 unspecified atom stereocenters. The van der Waals surface area contributed by atoms with E-state index in [1.807, 2.05) is 43.5 Å². The van der Waals surface area contributed by atoms with Gasteiger partial charge in [0.05, 0.1) is 17.6 Å². The molecular weight excluding hydrogens is 376 g/mol. The van der Waals surface area contributed by atoms with Crippen molar-refractivity contribution in [2.75, 3.05) is 0 Å². The number of carbonyl (C=O) groups excluding carboxylic acids is 1. The largest absolute Gasteiger partial charge is 0.478 e. The van der Waals surface area contributed by atoms with Gasteiger partial charge in [0.2, 0.25) is 0 Å². The number of hydrazone groups is 1. The molecular formula is C21H21ClN4O2. The summed E-state index contributed by atoms with van der Waals surface area (Å²) in [6, 6.07) is 16.6. The molecule has 0 aliphatic rings.